The smallest absolute Gasteiger partial charge is 0.270 e. The van der Waals surface area contributed by atoms with E-state index in [1.165, 1.54) is 0 Å². The van der Waals surface area contributed by atoms with Gasteiger partial charge in [0.15, 0.2) is 5.60 Å². The molecule has 3 rings (SSSR count). The van der Waals surface area contributed by atoms with Crippen molar-refractivity contribution in [2.75, 3.05) is 18.1 Å². The van der Waals surface area contributed by atoms with Gasteiger partial charge in [-0.2, -0.15) is 0 Å². The Morgan fingerprint density at radius 3 is 2.76 bits per heavy atom. The molecule has 0 radical (unpaired) electrons. The van der Waals surface area contributed by atoms with Crippen LogP contribution in [0.25, 0.3) is 0 Å². The fourth-order valence-electron chi connectivity index (χ4n) is 2.88. The van der Waals surface area contributed by atoms with Gasteiger partial charge in [0.25, 0.3) is 5.91 Å². The van der Waals surface area contributed by atoms with Crippen molar-refractivity contribution in [3.05, 3.63) is 53.1 Å². The number of hydrogen-bond donors (Lipinski definition) is 0. The first-order valence-electron chi connectivity index (χ1n) is 8.37. The van der Waals surface area contributed by atoms with E-state index in [1.807, 2.05) is 37.3 Å². The van der Waals surface area contributed by atoms with E-state index in [2.05, 4.69) is 0 Å². The number of carbonyl (C=O) groups excluding carboxylic acids is 1. The van der Waals surface area contributed by atoms with Gasteiger partial charge in [-0.25, -0.2) is 0 Å². The number of carbonyl (C=O) groups is 1. The van der Waals surface area contributed by atoms with E-state index in [1.54, 1.807) is 30.9 Å². The molecule has 0 saturated heterocycles. The van der Waals surface area contributed by atoms with Gasteiger partial charge in [0.05, 0.1) is 12.3 Å². The Bertz CT molecular complexity index is 788. The van der Waals surface area contributed by atoms with Crippen LogP contribution in [0.15, 0.2) is 42.5 Å². The van der Waals surface area contributed by atoms with Gasteiger partial charge in [0.1, 0.15) is 11.5 Å². The molecule has 0 fully saturated rings. The first-order valence-corrected chi connectivity index (χ1v) is 8.74. The Balaban J connectivity index is 1.68. The monoisotopic (exact) mass is 359 g/mol. The van der Waals surface area contributed by atoms with Gasteiger partial charge < -0.3 is 14.4 Å². The molecule has 1 heterocycles. The number of benzene rings is 2. The Kier molecular flexibility index (Phi) is 4.91. The van der Waals surface area contributed by atoms with Crippen LogP contribution in [0.1, 0.15) is 25.8 Å². The number of nitrogens with zero attached hydrogens (tertiary/aromatic N) is 1. The summed E-state index contributed by atoms with van der Waals surface area (Å²) in [6.07, 6.45) is 0.710. The second kappa shape index (κ2) is 6.96. The number of fused-ring (bicyclic) bond motifs is 1. The van der Waals surface area contributed by atoms with Crippen LogP contribution in [-0.2, 0) is 4.79 Å². The van der Waals surface area contributed by atoms with Crippen molar-refractivity contribution in [1.29, 1.82) is 0 Å². The molecule has 132 valence electrons. The maximum Gasteiger partial charge on any atom is 0.270 e. The van der Waals surface area contributed by atoms with Crippen molar-refractivity contribution in [1.82, 2.24) is 0 Å². The number of amides is 1. The van der Waals surface area contributed by atoms with E-state index in [0.29, 0.717) is 36.0 Å². The average molecular weight is 360 g/mol. The number of aryl methyl sites for hydroxylation is 1. The van der Waals surface area contributed by atoms with E-state index >= 15 is 0 Å². The number of ether oxygens (including phenoxy) is 2. The van der Waals surface area contributed by atoms with Gasteiger partial charge in [-0.05, 0) is 63.1 Å². The van der Waals surface area contributed by atoms with Crippen molar-refractivity contribution in [3.63, 3.8) is 0 Å². The van der Waals surface area contributed by atoms with Crippen molar-refractivity contribution in [2.45, 2.75) is 32.8 Å². The third kappa shape index (κ3) is 3.90. The van der Waals surface area contributed by atoms with E-state index in [9.17, 15) is 4.79 Å². The molecule has 4 nitrogen and oxygen atoms in total. The molecular weight excluding hydrogens is 338 g/mol. The third-order valence-electron chi connectivity index (χ3n) is 4.12. The molecule has 2 aromatic rings. The van der Waals surface area contributed by atoms with Crippen LogP contribution in [0.4, 0.5) is 5.69 Å². The Hall–Kier alpha value is -2.20. The van der Waals surface area contributed by atoms with Crippen molar-refractivity contribution in [3.8, 4) is 11.5 Å². The molecule has 25 heavy (non-hydrogen) atoms. The lowest BCUT2D eigenvalue weighted by molar-refractivity contribution is -0.132. The first kappa shape index (κ1) is 17.6. The summed E-state index contributed by atoms with van der Waals surface area (Å²) in [5.74, 6) is 1.45. The highest BCUT2D eigenvalue weighted by Crippen LogP contribution is 2.39. The molecule has 0 aromatic heterocycles. The first-order chi connectivity index (χ1) is 11.9. The lowest BCUT2D eigenvalue weighted by atomic mass is 10.0. The summed E-state index contributed by atoms with van der Waals surface area (Å²) in [4.78, 5) is 14.5. The molecule has 1 amide bonds. The average Bonchev–Trinajstić information content (AvgIpc) is 2.55. The molecule has 0 N–H and O–H groups in total. The van der Waals surface area contributed by atoms with Gasteiger partial charge in [-0.1, -0.05) is 23.7 Å². The predicted octanol–water partition coefficient (Wildman–Crippen LogP) is 4.62. The Morgan fingerprint density at radius 1 is 1.20 bits per heavy atom. The SMILES string of the molecule is Cc1cccc(OCCCN2C(=O)C(C)(C)Oc3ccc(Cl)cc32)c1. The normalized spacial score (nSPS) is 15.5. The van der Waals surface area contributed by atoms with E-state index < -0.39 is 5.60 Å². The zero-order valence-corrected chi connectivity index (χ0v) is 15.5. The molecule has 1 aliphatic rings. The Morgan fingerprint density at radius 2 is 2.00 bits per heavy atom. The lowest BCUT2D eigenvalue weighted by Crippen LogP contribution is -2.52. The van der Waals surface area contributed by atoms with Gasteiger partial charge >= 0.3 is 0 Å². The van der Waals surface area contributed by atoms with Crippen LogP contribution >= 0.6 is 11.6 Å². The molecule has 0 bridgehead atoms. The molecule has 0 aliphatic carbocycles. The summed E-state index contributed by atoms with van der Waals surface area (Å²) >= 11 is 6.10. The van der Waals surface area contributed by atoms with Crippen molar-refractivity contribution in [2.24, 2.45) is 0 Å². The molecule has 1 aliphatic heterocycles. The molecule has 5 heteroatoms. The topological polar surface area (TPSA) is 38.8 Å². The summed E-state index contributed by atoms with van der Waals surface area (Å²) in [7, 11) is 0. The number of hydrogen-bond acceptors (Lipinski definition) is 3. The standard InChI is InChI=1S/C20H22ClNO3/c1-14-6-4-7-16(12-14)24-11-5-10-22-17-13-15(21)8-9-18(17)25-20(2,3)19(22)23/h4,6-9,12-13H,5,10-11H2,1-3H3. The second-order valence-electron chi connectivity index (χ2n) is 6.70. The van der Waals surface area contributed by atoms with Gasteiger partial charge in [0.2, 0.25) is 0 Å². The molecule has 0 saturated carbocycles. The van der Waals surface area contributed by atoms with Crippen LogP contribution in [0.2, 0.25) is 5.02 Å². The van der Waals surface area contributed by atoms with Gasteiger partial charge in [-0.3, -0.25) is 4.79 Å². The highest BCUT2D eigenvalue weighted by atomic mass is 35.5. The summed E-state index contributed by atoms with van der Waals surface area (Å²) in [6.45, 7) is 6.67. The minimum absolute atomic E-state index is 0.0715. The summed E-state index contributed by atoms with van der Waals surface area (Å²) < 4.78 is 11.6. The van der Waals surface area contributed by atoms with E-state index in [-0.39, 0.29) is 5.91 Å². The van der Waals surface area contributed by atoms with Crippen LogP contribution in [0.3, 0.4) is 0 Å². The summed E-state index contributed by atoms with van der Waals surface area (Å²) in [6, 6.07) is 13.3. The highest BCUT2D eigenvalue weighted by molar-refractivity contribution is 6.31. The highest BCUT2D eigenvalue weighted by Gasteiger charge is 2.40. The lowest BCUT2D eigenvalue weighted by Gasteiger charge is -2.38. The molecule has 0 unspecified atom stereocenters. The van der Waals surface area contributed by atoms with Crippen LogP contribution in [0, 0.1) is 6.92 Å². The molecule has 0 atom stereocenters. The maximum absolute atomic E-state index is 12.7. The van der Waals surface area contributed by atoms with Crippen LogP contribution in [0.5, 0.6) is 11.5 Å². The number of halogens is 1. The fraction of sp³-hybridized carbons (Fsp3) is 0.350. The zero-order chi connectivity index (χ0) is 18.0. The molecule has 2 aromatic carbocycles. The van der Waals surface area contributed by atoms with E-state index in [0.717, 1.165) is 11.3 Å². The minimum atomic E-state index is -0.891. The minimum Gasteiger partial charge on any atom is -0.494 e. The summed E-state index contributed by atoms with van der Waals surface area (Å²) in [5, 5.41) is 0.580. The predicted molar refractivity (Wildman–Crippen MR) is 99.8 cm³/mol. The second-order valence-corrected chi connectivity index (χ2v) is 7.14. The maximum atomic E-state index is 12.7. The molecule has 0 spiro atoms. The van der Waals surface area contributed by atoms with Crippen molar-refractivity contribution < 1.29 is 14.3 Å². The quantitative estimate of drug-likeness (QED) is 0.731. The zero-order valence-electron chi connectivity index (χ0n) is 14.7. The van der Waals surface area contributed by atoms with Crippen molar-refractivity contribution >= 4 is 23.2 Å². The molecular formula is C20H22ClNO3. The Labute approximate surface area is 153 Å². The van der Waals surface area contributed by atoms with Gasteiger partial charge in [-0.15, -0.1) is 0 Å². The summed E-state index contributed by atoms with van der Waals surface area (Å²) in [5.41, 5.74) is 0.983. The largest absolute Gasteiger partial charge is 0.494 e. The van der Waals surface area contributed by atoms with Gasteiger partial charge in [0, 0.05) is 11.6 Å². The van der Waals surface area contributed by atoms with Crippen LogP contribution < -0.4 is 14.4 Å². The number of anilines is 1. The number of rotatable bonds is 5. The van der Waals surface area contributed by atoms with E-state index in [4.69, 9.17) is 21.1 Å². The third-order valence-corrected chi connectivity index (χ3v) is 4.36. The van der Waals surface area contributed by atoms with Crippen LogP contribution in [-0.4, -0.2) is 24.7 Å². The fourth-order valence-corrected chi connectivity index (χ4v) is 3.05.